The van der Waals surface area contributed by atoms with Gasteiger partial charge in [-0.25, -0.2) is 24.0 Å². The Morgan fingerprint density at radius 2 is 0.727 bits per heavy atom. The van der Waals surface area contributed by atoms with E-state index in [1.54, 1.807) is 97.1 Å². The summed E-state index contributed by atoms with van der Waals surface area (Å²) < 4.78 is 21.2. The van der Waals surface area contributed by atoms with Gasteiger partial charge in [0, 0.05) is 60.3 Å². The smallest absolute Gasteiger partial charge is 0.411 e. The second kappa shape index (κ2) is 37.0. The number of hydrogen-bond donors (Lipinski definition) is 9. The number of aliphatic carboxylic acids is 1. The molecule has 7 atom stereocenters. The van der Waals surface area contributed by atoms with Crippen molar-refractivity contribution < 1.29 is 81.6 Å². The molecule has 0 aromatic rings. The number of rotatable bonds is 18. The third-order valence-corrected chi connectivity index (χ3v) is 13.5. The average Bonchev–Trinajstić information content (AvgIpc) is 4.32. The van der Waals surface area contributed by atoms with Crippen LogP contribution in [0, 0.1) is 0 Å². The molecular formula is C59H106N12O17. The molecular weight excluding hydrogens is 1150 g/mol. The van der Waals surface area contributed by atoms with Gasteiger partial charge in [-0.1, -0.05) is 20.3 Å². The second-order valence-corrected chi connectivity index (χ2v) is 25.5. The lowest BCUT2D eigenvalue weighted by molar-refractivity contribution is -0.142. The summed E-state index contributed by atoms with van der Waals surface area (Å²) in [6, 6.07) is -4.64. The number of nitrogens with two attached hydrogens (primary N) is 1. The lowest BCUT2D eigenvalue weighted by Crippen LogP contribution is -2.53. The Hall–Kier alpha value is -7.20. The number of carboxylic acids is 1. The van der Waals surface area contributed by atoms with Crippen LogP contribution in [0.4, 0.5) is 19.2 Å². The van der Waals surface area contributed by atoms with Gasteiger partial charge in [-0.3, -0.25) is 53.2 Å². The molecule has 0 spiro atoms. The van der Waals surface area contributed by atoms with Gasteiger partial charge in [0.05, 0.1) is 0 Å². The number of carbonyl (C=O) groups is 12. The summed E-state index contributed by atoms with van der Waals surface area (Å²) >= 11 is 0. The van der Waals surface area contributed by atoms with Crippen LogP contribution in [0.2, 0.25) is 0 Å². The van der Waals surface area contributed by atoms with Crippen molar-refractivity contribution in [3.8, 4) is 0 Å². The van der Waals surface area contributed by atoms with Gasteiger partial charge < -0.3 is 67.0 Å². The van der Waals surface area contributed by atoms with Crippen molar-refractivity contribution in [1.82, 2.24) is 56.8 Å². The number of carboxylic acid groups (broad SMARTS) is 1. The normalized spacial score (nSPS) is 19.2. The number of nitrogens with zero attached hydrogens (tertiary/aromatic N) is 4. The largest absolute Gasteiger partial charge is 0.480 e. The first-order valence-electron chi connectivity index (χ1n) is 30.5. The lowest BCUT2D eigenvalue weighted by Gasteiger charge is -2.29. The van der Waals surface area contributed by atoms with Crippen molar-refractivity contribution >= 4 is 71.7 Å². The van der Waals surface area contributed by atoms with Gasteiger partial charge in [-0.2, -0.15) is 0 Å². The van der Waals surface area contributed by atoms with Gasteiger partial charge in [-0.15, -0.1) is 0 Å². The average molecular weight is 1260 g/mol. The molecule has 4 unspecified atom stereocenters. The molecule has 4 fully saturated rings. The summed E-state index contributed by atoms with van der Waals surface area (Å²) in [6.07, 6.45) is 5.25. The van der Waals surface area contributed by atoms with Gasteiger partial charge in [-0.05, 0) is 160 Å². The number of likely N-dealkylation sites (N-methyl/N-ethyl adjacent to an activating group) is 3. The molecule has 4 aliphatic heterocycles. The number of nitrogens with one attached hydrogen (secondary N) is 7. The standard InChI is InChI=1S/C18H32N4O5.C16H29N3O4.C15H28N4O4.C10H17NO4/c1-6-14(23)20-10-9-12(15(24)19-5)21-16(25)13-8-7-11-22(13)17(26)27-18(2,3)4;1-6-8-11(13(20)17-5)18-14(21)12-9-7-10-19(12)15(22)23-16(2,3)4;1-15(2,3)23-14(22)19-9-5-6-11(19)13(21)18-10(7-8-16)12(20)17-4;1-10(2,3)15-9(14)11-6-4-5-7(11)8(12)13/h12-13H,6-11H2,1-5H3,(H,19,24)(H,20,23)(H,21,25);11-12H,6-10H2,1-5H3,(H,17,20)(H,18,21);10-11H,5-9,16H2,1-4H3,(H,17,20)(H,18,21);7H,4-6H2,1-3H3,(H,12,13)/t12-,13?;11-,12?;10-,11?;/m000./s1. The van der Waals surface area contributed by atoms with E-state index in [2.05, 4.69) is 37.2 Å². The Kier molecular flexibility index (Phi) is 33.1. The second-order valence-electron chi connectivity index (χ2n) is 25.5. The minimum absolute atomic E-state index is 0.121. The number of hydrogen-bond acceptors (Lipinski definition) is 17. The van der Waals surface area contributed by atoms with Gasteiger partial charge in [0.25, 0.3) is 0 Å². The van der Waals surface area contributed by atoms with Crippen LogP contribution in [-0.2, 0) is 57.3 Å². The van der Waals surface area contributed by atoms with Crippen LogP contribution in [0.15, 0.2) is 0 Å². The summed E-state index contributed by atoms with van der Waals surface area (Å²) in [5.41, 5.74) is 3.03. The number of ether oxygens (including phenoxy) is 4. The van der Waals surface area contributed by atoms with Crippen molar-refractivity contribution in [2.75, 3.05) is 60.4 Å². The molecule has 0 aromatic heterocycles. The maximum Gasteiger partial charge on any atom is 0.411 e. The minimum atomic E-state index is -0.960. The summed E-state index contributed by atoms with van der Waals surface area (Å²) in [5.74, 6) is -3.00. The SMILES string of the molecule is CC(C)(C)OC(=O)N1CCCC1C(=O)O.CCC(=O)NCC[C@H](NC(=O)C1CCCN1C(=O)OC(C)(C)C)C(=O)NC.CCC[C@H](NC(=O)C1CCCN1C(=O)OC(C)(C)C)C(=O)NC.CNC(=O)[C@H](CCN)NC(=O)C1CCCN1C(=O)OC(C)(C)C. The Balaban J connectivity index is 0.000000597. The fraction of sp³-hybridized carbons (Fsp3) is 0.797. The van der Waals surface area contributed by atoms with Crippen molar-refractivity contribution in [2.45, 2.75) is 245 Å². The summed E-state index contributed by atoms with van der Waals surface area (Å²) in [6.45, 7) is 27.4. The fourth-order valence-electron chi connectivity index (χ4n) is 9.37. The van der Waals surface area contributed by atoms with Crippen molar-refractivity contribution in [3.05, 3.63) is 0 Å². The highest BCUT2D eigenvalue weighted by molar-refractivity contribution is 5.93. The Labute approximate surface area is 519 Å². The zero-order valence-electron chi connectivity index (χ0n) is 55.3. The molecule has 4 saturated heterocycles. The van der Waals surface area contributed by atoms with Gasteiger partial charge >= 0.3 is 30.3 Å². The van der Waals surface area contributed by atoms with E-state index in [-0.39, 0.29) is 55.0 Å². The first-order chi connectivity index (χ1) is 40.8. The molecule has 11 amide bonds. The monoisotopic (exact) mass is 1250 g/mol. The molecule has 10 N–H and O–H groups in total. The third kappa shape index (κ3) is 28.8. The zero-order valence-corrected chi connectivity index (χ0v) is 55.3. The van der Waals surface area contributed by atoms with Crippen LogP contribution in [0.1, 0.15) is 180 Å². The third-order valence-electron chi connectivity index (χ3n) is 13.5. The van der Waals surface area contributed by atoms with Crippen LogP contribution in [0.25, 0.3) is 0 Å². The first-order valence-corrected chi connectivity index (χ1v) is 30.5. The van der Waals surface area contributed by atoms with E-state index in [9.17, 15) is 57.5 Å². The maximum atomic E-state index is 12.7. The molecule has 29 heteroatoms. The van der Waals surface area contributed by atoms with Gasteiger partial charge in [0.1, 0.15) is 64.7 Å². The maximum absolute atomic E-state index is 12.7. The molecule has 0 aromatic carbocycles. The van der Waals surface area contributed by atoms with E-state index >= 15 is 0 Å². The minimum Gasteiger partial charge on any atom is -0.480 e. The quantitative estimate of drug-likeness (QED) is 0.0888. The molecule has 4 rings (SSSR count). The Morgan fingerprint density at radius 3 is 0.977 bits per heavy atom. The van der Waals surface area contributed by atoms with Gasteiger partial charge in [0.2, 0.25) is 41.4 Å². The van der Waals surface area contributed by atoms with Gasteiger partial charge in [0.15, 0.2) is 0 Å². The molecule has 88 heavy (non-hydrogen) atoms. The fourth-order valence-corrected chi connectivity index (χ4v) is 9.37. The molecule has 504 valence electrons. The number of carbonyl (C=O) groups excluding carboxylic acids is 11. The summed E-state index contributed by atoms with van der Waals surface area (Å²) in [7, 11) is 4.52. The van der Waals surface area contributed by atoms with E-state index in [0.717, 1.165) is 25.7 Å². The predicted octanol–water partition coefficient (Wildman–Crippen LogP) is 3.39. The van der Waals surface area contributed by atoms with Crippen LogP contribution < -0.4 is 43.0 Å². The summed E-state index contributed by atoms with van der Waals surface area (Å²) in [4.78, 5) is 149. The molecule has 4 heterocycles. The molecule has 0 radical (unpaired) electrons. The molecule has 0 saturated carbocycles. The van der Waals surface area contributed by atoms with Crippen molar-refractivity contribution in [2.24, 2.45) is 5.73 Å². The van der Waals surface area contributed by atoms with Crippen LogP contribution in [0.5, 0.6) is 0 Å². The van der Waals surface area contributed by atoms with E-state index in [1.807, 2.05) is 6.92 Å². The molecule has 29 nitrogen and oxygen atoms in total. The van der Waals surface area contributed by atoms with Crippen LogP contribution in [0.3, 0.4) is 0 Å². The van der Waals surface area contributed by atoms with Crippen LogP contribution in [-0.4, -0.2) is 222 Å². The van der Waals surface area contributed by atoms with E-state index in [1.165, 1.54) is 33.7 Å². The zero-order chi connectivity index (χ0) is 67.5. The number of amides is 11. The topological polar surface area (TPSA) is 385 Å². The van der Waals surface area contributed by atoms with Crippen molar-refractivity contribution in [1.29, 1.82) is 0 Å². The summed E-state index contributed by atoms with van der Waals surface area (Å²) in [5, 5.41) is 27.3. The molecule has 4 aliphatic rings. The Bertz CT molecular complexity index is 2270. The van der Waals surface area contributed by atoms with E-state index in [0.29, 0.717) is 77.5 Å². The highest BCUT2D eigenvalue weighted by atomic mass is 16.6. The highest BCUT2D eigenvalue weighted by Crippen LogP contribution is 2.25. The highest BCUT2D eigenvalue weighted by Gasteiger charge is 2.41. The molecule has 0 aliphatic carbocycles. The first kappa shape index (κ1) is 78.8. The van der Waals surface area contributed by atoms with E-state index in [4.69, 9.17) is 29.8 Å². The number of likely N-dealkylation sites (tertiary alicyclic amines) is 4. The Morgan fingerprint density at radius 1 is 0.455 bits per heavy atom. The predicted molar refractivity (Wildman–Crippen MR) is 326 cm³/mol. The van der Waals surface area contributed by atoms with Crippen molar-refractivity contribution in [3.63, 3.8) is 0 Å². The lowest BCUT2D eigenvalue weighted by atomic mass is 10.1. The van der Waals surface area contributed by atoms with Crippen LogP contribution >= 0.6 is 0 Å². The molecule has 0 bridgehead atoms. The van der Waals surface area contributed by atoms with E-state index < -0.39 is 101 Å².